The molecule has 0 aromatic heterocycles. The van der Waals surface area contributed by atoms with Crippen molar-refractivity contribution in [3.05, 3.63) is 70.3 Å². The Hall–Kier alpha value is -2.55. The average Bonchev–Trinajstić information content (AvgIpc) is 3.10. The van der Waals surface area contributed by atoms with Crippen molar-refractivity contribution in [1.82, 2.24) is 4.72 Å². The van der Waals surface area contributed by atoms with Gasteiger partial charge in [-0.05, 0) is 105 Å². The first-order chi connectivity index (χ1) is 20.1. The normalized spacial score (nSPS) is 33.3. The van der Waals surface area contributed by atoms with Crippen molar-refractivity contribution in [2.75, 3.05) is 31.7 Å². The summed E-state index contributed by atoms with van der Waals surface area (Å²) < 4.78 is 41.3. The van der Waals surface area contributed by atoms with Crippen LogP contribution in [-0.4, -0.2) is 52.5 Å². The van der Waals surface area contributed by atoms with Crippen molar-refractivity contribution in [1.29, 1.82) is 0 Å². The van der Waals surface area contributed by atoms with E-state index in [9.17, 15) is 13.2 Å². The second-order valence-corrected chi connectivity index (χ2v) is 15.3. The van der Waals surface area contributed by atoms with Crippen LogP contribution in [-0.2, 0) is 26.6 Å². The van der Waals surface area contributed by atoms with E-state index in [-0.39, 0.29) is 17.4 Å². The van der Waals surface area contributed by atoms with Gasteiger partial charge in [-0.2, -0.15) is 0 Å². The Balaban J connectivity index is 1.43. The number of ether oxygens (including phenoxy) is 2. The second-order valence-electron chi connectivity index (χ2n) is 12.8. The molecule has 4 aliphatic rings. The predicted octanol–water partition coefficient (Wildman–Crippen LogP) is 5.90. The third kappa shape index (κ3) is 5.46. The highest BCUT2D eigenvalue weighted by Crippen LogP contribution is 2.47. The molecule has 6 atom stereocenters. The van der Waals surface area contributed by atoms with E-state index in [1.807, 2.05) is 31.2 Å². The zero-order chi connectivity index (χ0) is 29.6. The predicted molar refractivity (Wildman–Crippen MR) is 166 cm³/mol. The minimum atomic E-state index is -3.88. The fraction of sp³-hybridized carbons (Fsp3) is 0.545. The van der Waals surface area contributed by atoms with Crippen molar-refractivity contribution < 1.29 is 22.7 Å². The van der Waals surface area contributed by atoms with Gasteiger partial charge in [0.15, 0.2) is 0 Å². The van der Waals surface area contributed by atoms with Gasteiger partial charge in [-0.3, -0.25) is 4.79 Å². The lowest BCUT2D eigenvalue weighted by atomic mass is 9.68. The van der Waals surface area contributed by atoms with Crippen LogP contribution in [0.4, 0.5) is 5.69 Å². The Morgan fingerprint density at radius 3 is 2.74 bits per heavy atom. The van der Waals surface area contributed by atoms with E-state index < -0.39 is 21.2 Å². The zero-order valence-corrected chi connectivity index (χ0v) is 26.2. The van der Waals surface area contributed by atoms with Gasteiger partial charge in [0.25, 0.3) is 5.91 Å². The Bertz CT molecular complexity index is 1490. The first-order valence-corrected chi connectivity index (χ1v) is 17.1. The smallest absolute Gasteiger partial charge is 0.264 e. The highest BCUT2D eigenvalue weighted by molar-refractivity contribution is 7.90. The molecule has 0 radical (unpaired) electrons. The standard InChI is InChI=1S/C33H41ClN2O5S/c1-21-6-4-8-30(40-3)27-12-9-25(27)18-36-19-33(15-5-7-23-16-26(34)11-13-28(23)33)20-41-31-14-10-24(17-29(31)36)32(37)35-42(38,39)22(21)2/h4,8,10-11,13-14,16-17,21-22,25,27,30H,5-7,9,12,15,18-20H2,1-3H3,(H,35,37)/b8-4+/t21-,22+,25-,27+,30-,33?/m0/s1. The number of hydrogen-bond donors (Lipinski definition) is 1. The summed E-state index contributed by atoms with van der Waals surface area (Å²) in [5.74, 6) is 0.710. The molecule has 2 aliphatic heterocycles. The summed E-state index contributed by atoms with van der Waals surface area (Å²) in [6, 6.07) is 11.5. The molecule has 1 saturated carbocycles. The molecule has 7 nitrogen and oxygen atoms in total. The van der Waals surface area contributed by atoms with E-state index in [0.29, 0.717) is 30.4 Å². The molecule has 226 valence electrons. The summed E-state index contributed by atoms with van der Waals surface area (Å²) in [6.07, 6.45) is 9.93. The lowest BCUT2D eigenvalue weighted by molar-refractivity contribution is 0.0131. The SMILES string of the molecule is CO[C@H]1/C=C/C[C@H](C)[C@@H](C)S(=O)(=O)NC(=O)c2ccc3c(c2)N(C[C@@H]2CC[C@H]21)CC1(CCCc2cc(Cl)ccc21)CO3. The number of benzene rings is 2. The van der Waals surface area contributed by atoms with Crippen molar-refractivity contribution in [3.63, 3.8) is 0 Å². The number of rotatable bonds is 1. The second kappa shape index (κ2) is 11.5. The Kier molecular flexibility index (Phi) is 8.09. The minimum absolute atomic E-state index is 0.0315. The summed E-state index contributed by atoms with van der Waals surface area (Å²) in [5, 5.41) is 0.00998. The Morgan fingerprint density at radius 1 is 1.14 bits per heavy atom. The van der Waals surface area contributed by atoms with Gasteiger partial charge in [-0.15, -0.1) is 0 Å². The number of anilines is 1. The van der Waals surface area contributed by atoms with Gasteiger partial charge in [0.1, 0.15) is 5.75 Å². The molecular formula is C33H41ClN2O5S. The van der Waals surface area contributed by atoms with Gasteiger partial charge < -0.3 is 14.4 Å². The lowest BCUT2D eigenvalue weighted by Gasteiger charge is -2.46. The molecule has 1 unspecified atom stereocenters. The van der Waals surface area contributed by atoms with Crippen molar-refractivity contribution >= 4 is 33.2 Å². The fourth-order valence-electron chi connectivity index (χ4n) is 7.39. The number of hydrogen-bond acceptors (Lipinski definition) is 6. The Morgan fingerprint density at radius 2 is 1.98 bits per heavy atom. The number of carbonyl (C=O) groups is 1. The summed E-state index contributed by atoms with van der Waals surface area (Å²) in [6.45, 7) is 5.63. The van der Waals surface area contributed by atoms with Crippen molar-refractivity contribution in [2.45, 2.75) is 69.1 Å². The minimum Gasteiger partial charge on any atom is -0.490 e. The van der Waals surface area contributed by atoms with E-state index in [1.165, 1.54) is 11.1 Å². The van der Waals surface area contributed by atoms with Crippen LogP contribution in [0, 0.1) is 17.8 Å². The van der Waals surface area contributed by atoms with Crippen LogP contribution in [0.3, 0.4) is 0 Å². The molecule has 2 heterocycles. The molecule has 2 aliphatic carbocycles. The van der Waals surface area contributed by atoms with E-state index in [1.54, 1.807) is 20.1 Å². The number of methoxy groups -OCH3 is 1. The van der Waals surface area contributed by atoms with Gasteiger partial charge in [0, 0.05) is 36.2 Å². The monoisotopic (exact) mass is 612 g/mol. The number of amides is 1. The number of fused-ring (bicyclic) bond motifs is 4. The first-order valence-electron chi connectivity index (χ1n) is 15.2. The van der Waals surface area contributed by atoms with Gasteiger partial charge in [-0.25, -0.2) is 13.1 Å². The molecule has 1 amide bonds. The molecule has 2 bridgehead atoms. The summed E-state index contributed by atoms with van der Waals surface area (Å²) >= 11 is 6.40. The lowest BCUT2D eigenvalue weighted by Crippen LogP contribution is -2.49. The van der Waals surface area contributed by atoms with Gasteiger partial charge in [0.05, 0.1) is 23.6 Å². The van der Waals surface area contributed by atoms with E-state index >= 15 is 0 Å². The first kappa shape index (κ1) is 29.5. The van der Waals surface area contributed by atoms with Gasteiger partial charge in [0.2, 0.25) is 10.0 Å². The van der Waals surface area contributed by atoms with Crippen LogP contribution in [0.1, 0.15) is 67.4 Å². The van der Waals surface area contributed by atoms with E-state index in [4.69, 9.17) is 21.1 Å². The number of aryl methyl sites for hydroxylation is 1. The fourth-order valence-corrected chi connectivity index (χ4v) is 8.87. The molecular weight excluding hydrogens is 572 g/mol. The van der Waals surface area contributed by atoms with E-state index in [2.05, 4.69) is 27.8 Å². The third-order valence-electron chi connectivity index (χ3n) is 10.3. The van der Waals surface area contributed by atoms with Crippen LogP contribution in [0.2, 0.25) is 5.02 Å². The van der Waals surface area contributed by atoms with Crippen molar-refractivity contribution in [2.24, 2.45) is 17.8 Å². The summed E-state index contributed by atoms with van der Waals surface area (Å²) in [5.41, 5.74) is 3.48. The molecule has 1 N–H and O–H groups in total. The molecule has 0 saturated heterocycles. The maximum Gasteiger partial charge on any atom is 0.264 e. The number of allylic oxidation sites excluding steroid dienone is 1. The number of halogens is 1. The number of carbonyl (C=O) groups excluding carboxylic acids is 1. The molecule has 42 heavy (non-hydrogen) atoms. The van der Waals surface area contributed by atoms with Gasteiger partial charge in [-0.1, -0.05) is 36.7 Å². The number of nitrogens with one attached hydrogen (secondary N) is 1. The number of sulfonamides is 1. The van der Waals surface area contributed by atoms with Crippen LogP contribution >= 0.6 is 11.6 Å². The summed E-state index contributed by atoms with van der Waals surface area (Å²) in [4.78, 5) is 15.7. The number of nitrogens with zero attached hydrogens (tertiary/aromatic N) is 1. The molecule has 1 fully saturated rings. The highest BCUT2D eigenvalue weighted by Gasteiger charge is 2.44. The maximum absolute atomic E-state index is 13.4. The quantitative estimate of drug-likeness (QED) is 0.404. The van der Waals surface area contributed by atoms with E-state index in [0.717, 1.165) is 61.7 Å². The van der Waals surface area contributed by atoms with Crippen LogP contribution < -0.4 is 14.4 Å². The molecule has 2 aromatic rings. The zero-order valence-electron chi connectivity index (χ0n) is 24.6. The van der Waals surface area contributed by atoms with Crippen LogP contribution in [0.5, 0.6) is 5.75 Å². The third-order valence-corrected chi connectivity index (χ3v) is 12.4. The molecule has 9 heteroatoms. The topological polar surface area (TPSA) is 84.9 Å². The highest BCUT2D eigenvalue weighted by atomic mass is 35.5. The molecule has 6 rings (SSSR count). The molecule has 2 aromatic carbocycles. The average molecular weight is 613 g/mol. The Labute approximate surface area is 254 Å². The van der Waals surface area contributed by atoms with Crippen LogP contribution in [0.15, 0.2) is 48.6 Å². The molecule has 1 spiro atoms. The maximum atomic E-state index is 13.4. The van der Waals surface area contributed by atoms with Crippen molar-refractivity contribution in [3.8, 4) is 5.75 Å². The largest absolute Gasteiger partial charge is 0.490 e. The van der Waals surface area contributed by atoms with Gasteiger partial charge >= 0.3 is 0 Å². The summed E-state index contributed by atoms with van der Waals surface area (Å²) in [7, 11) is -2.13. The van der Waals surface area contributed by atoms with Crippen LogP contribution in [0.25, 0.3) is 0 Å².